The second-order valence-electron chi connectivity index (χ2n) is 6.78. The van der Waals surface area contributed by atoms with Crippen LogP contribution in [0.1, 0.15) is 33.6 Å². The summed E-state index contributed by atoms with van der Waals surface area (Å²) in [6.07, 6.45) is 1.91. The molecule has 1 aromatic rings. The van der Waals surface area contributed by atoms with E-state index in [1.54, 1.807) is 4.90 Å². The number of rotatable bonds is 3. The van der Waals surface area contributed by atoms with Crippen LogP contribution in [0.4, 0.5) is 10.5 Å². The topological polar surface area (TPSA) is 61.8 Å². The van der Waals surface area contributed by atoms with Crippen LogP contribution in [0.15, 0.2) is 24.3 Å². The summed E-state index contributed by atoms with van der Waals surface area (Å²) in [5.74, 6) is 0.847. The molecule has 2 rings (SSSR count). The molecule has 2 amide bonds. The third kappa shape index (κ3) is 4.63. The van der Waals surface area contributed by atoms with Crippen LogP contribution >= 0.6 is 0 Å². The van der Waals surface area contributed by atoms with Crippen LogP contribution in [-0.2, 0) is 0 Å². The van der Waals surface area contributed by atoms with Gasteiger partial charge in [-0.15, -0.1) is 0 Å². The number of aliphatic hydroxyl groups is 1. The first-order valence-corrected chi connectivity index (χ1v) is 7.84. The summed E-state index contributed by atoms with van der Waals surface area (Å²) >= 11 is 0. The Morgan fingerprint density at radius 3 is 2.82 bits per heavy atom. The van der Waals surface area contributed by atoms with Gasteiger partial charge in [0.15, 0.2) is 0 Å². The zero-order valence-corrected chi connectivity index (χ0v) is 13.6. The SMILES string of the molecule is CC(C)(C)Oc1ccccc1NC(=O)N1CCCC(CO)C1. The van der Waals surface area contributed by atoms with Gasteiger partial charge in [-0.2, -0.15) is 0 Å². The van der Waals surface area contributed by atoms with Crippen molar-refractivity contribution in [3.05, 3.63) is 24.3 Å². The lowest BCUT2D eigenvalue weighted by Crippen LogP contribution is -2.43. The number of carbonyl (C=O) groups excluding carboxylic acids is 1. The minimum Gasteiger partial charge on any atom is -0.486 e. The molecule has 1 aliphatic rings. The van der Waals surface area contributed by atoms with Crippen molar-refractivity contribution in [2.24, 2.45) is 5.92 Å². The maximum absolute atomic E-state index is 12.4. The number of piperidine rings is 1. The van der Waals surface area contributed by atoms with Crippen molar-refractivity contribution in [1.29, 1.82) is 0 Å². The smallest absolute Gasteiger partial charge is 0.321 e. The Morgan fingerprint density at radius 1 is 1.41 bits per heavy atom. The summed E-state index contributed by atoms with van der Waals surface area (Å²) in [6, 6.07) is 7.32. The van der Waals surface area contributed by atoms with E-state index in [4.69, 9.17) is 4.74 Å². The molecule has 1 saturated heterocycles. The van der Waals surface area contributed by atoms with E-state index in [-0.39, 0.29) is 24.2 Å². The number of nitrogens with zero attached hydrogens (tertiary/aromatic N) is 1. The molecule has 0 saturated carbocycles. The molecular formula is C17H26N2O3. The fraction of sp³-hybridized carbons (Fsp3) is 0.588. The molecule has 1 aliphatic heterocycles. The van der Waals surface area contributed by atoms with Crippen molar-refractivity contribution in [1.82, 2.24) is 4.90 Å². The van der Waals surface area contributed by atoms with E-state index in [0.717, 1.165) is 19.4 Å². The molecule has 1 fully saturated rings. The summed E-state index contributed by atoms with van der Waals surface area (Å²) in [7, 11) is 0. The monoisotopic (exact) mass is 306 g/mol. The van der Waals surface area contributed by atoms with Gasteiger partial charge in [-0.25, -0.2) is 4.79 Å². The van der Waals surface area contributed by atoms with Gasteiger partial charge in [0.1, 0.15) is 11.4 Å². The number of hydrogen-bond acceptors (Lipinski definition) is 3. The number of nitrogens with one attached hydrogen (secondary N) is 1. The molecule has 1 unspecified atom stereocenters. The van der Waals surface area contributed by atoms with Crippen LogP contribution in [0.2, 0.25) is 0 Å². The second-order valence-corrected chi connectivity index (χ2v) is 6.78. The van der Waals surface area contributed by atoms with Crippen LogP contribution in [-0.4, -0.2) is 41.3 Å². The minimum absolute atomic E-state index is 0.132. The first kappa shape index (κ1) is 16.6. The van der Waals surface area contributed by atoms with Crippen LogP contribution in [0, 0.1) is 5.92 Å². The first-order chi connectivity index (χ1) is 10.4. The van der Waals surface area contributed by atoms with Gasteiger partial charge in [-0.05, 0) is 51.7 Å². The summed E-state index contributed by atoms with van der Waals surface area (Å²) in [5.41, 5.74) is 0.349. The Balaban J connectivity index is 2.05. The Morgan fingerprint density at radius 2 is 2.14 bits per heavy atom. The molecule has 0 spiro atoms. The number of hydrogen-bond donors (Lipinski definition) is 2. The summed E-state index contributed by atoms with van der Waals surface area (Å²) < 4.78 is 5.89. The molecule has 1 aromatic carbocycles. The van der Waals surface area contributed by atoms with E-state index < -0.39 is 0 Å². The van der Waals surface area contributed by atoms with Gasteiger partial charge in [-0.3, -0.25) is 0 Å². The predicted molar refractivity (Wildman–Crippen MR) is 87.2 cm³/mol. The van der Waals surface area contributed by atoms with Crippen molar-refractivity contribution in [3.8, 4) is 5.75 Å². The number of aliphatic hydroxyl groups excluding tert-OH is 1. The molecule has 0 aromatic heterocycles. The lowest BCUT2D eigenvalue weighted by Gasteiger charge is -2.32. The molecule has 2 N–H and O–H groups in total. The summed E-state index contributed by atoms with van der Waals surface area (Å²) in [4.78, 5) is 14.2. The molecule has 22 heavy (non-hydrogen) atoms. The van der Waals surface area contributed by atoms with Crippen molar-refractivity contribution < 1.29 is 14.6 Å². The van der Waals surface area contributed by atoms with Crippen LogP contribution < -0.4 is 10.1 Å². The van der Waals surface area contributed by atoms with Crippen molar-refractivity contribution in [2.75, 3.05) is 25.0 Å². The fourth-order valence-electron chi connectivity index (χ4n) is 2.58. The Kier molecular flexibility index (Phi) is 5.29. The number of carbonyl (C=O) groups is 1. The molecule has 122 valence electrons. The van der Waals surface area contributed by atoms with E-state index in [2.05, 4.69) is 5.32 Å². The number of anilines is 1. The largest absolute Gasteiger partial charge is 0.486 e. The third-order valence-electron chi connectivity index (χ3n) is 3.61. The quantitative estimate of drug-likeness (QED) is 0.902. The molecule has 0 bridgehead atoms. The van der Waals surface area contributed by atoms with Crippen LogP contribution in [0.5, 0.6) is 5.75 Å². The average Bonchev–Trinajstić information content (AvgIpc) is 2.48. The van der Waals surface area contributed by atoms with Gasteiger partial charge < -0.3 is 20.1 Å². The molecule has 5 heteroatoms. The van der Waals surface area contributed by atoms with E-state index >= 15 is 0 Å². The van der Waals surface area contributed by atoms with Crippen molar-refractivity contribution in [2.45, 2.75) is 39.2 Å². The highest BCUT2D eigenvalue weighted by Gasteiger charge is 2.24. The maximum atomic E-state index is 12.4. The summed E-state index contributed by atoms with van der Waals surface area (Å²) in [5, 5.41) is 12.2. The molecule has 1 heterocycles. The van der Waals surface area contributed by atoms with E-state index in [0.29, 0.717) is 18.0 Å². The van der Waals surface area contributed by atoms with Crippen molar-refractivity contribution >= 4 is 11.7 Å². The molecule has 0 radical (unpaired) electrons. The lowest BCUT2D eigenvalue weighted by molar-refractivity contribution is 0.130. The number of amides is 2. The molecule has 5 nitrogen and oxygen atoms in total. The number of likely N-dealkylation sites (tertiary alicyclic amines) is 1. The fourth-order valence-corrected chi connectivity index (χ4v) is 2.58. The van der Waals surface area contributed by atoms with E-state index in [1.165, 1.54) is 0 Å². The normalized spacial score (nSPS) is 18.9. The zero-order valence-electron chi connectivity index (χ0n) is 13.6. The summed E-state index contributed by atoms with van der Waals surface area (Å²) in [6.45, 7) is 7.38. The van der Waals surface area contributed by atoms with E-state index in [1.807, 2.05) is 45.0 Å². The van der Waals surface area contributed by atoms with Gasteiger partial charge in [0, 0.05) is 19.7 Å². The highest BCUT2D eigenvalue weighted by Crippen LogP contribution is 2.28. The second kappa shape index (κ2) is 7.01. The third-order valence-corrected chi connectivity index (χ3v) is 3.61. The predicted octanol–water partition coefficient (Wildman–Crippen LogP) is 3.10. The minimum atomic E-state index is -0.325. The van der Waals surface area contributed by atoms with Gasteiger partial charge in [0.25, 0.3) is 0 Å². The van der Waals surface area contributed by atoms with Gasteiger partial charge in [0.05, 0.1) is 5.69 Å². The zero-order chi connectivity index (χ0) is 16.2. The molecular weight excluding hydrogens is 280 g/mol. The van der Waals surface area contributed by atoms with Crippen LogP contribution in [0.3, 0.4) is 0 Å². The molecule has 0 aliphatic carbocycles. The Hall–Kier alpha value is -1.75. The molecule has 1 atom stereocenters. The standard InChI is InChI=1S/C17H26N2O3/c1-17(2,3)22-15-9-5-4-8-14(15)18-16(21)19-10-6-7-13(11-19)12-20/h4-5,8-9,13,20H,6-7,10-12H2,1-3H3,(H,18,21). The average molecular weight is 306 g/mol. The van der Waals surface area contributed by atoms with Gasteiger partial charge >= 0.3 is 6.03 Å². The number of para-hydroxylation sites is 2. The number of benzene rings is 1. The van der Waals surface area contributed by atoms with Crippen LogP contribution in [0.25, 0.3) is 0 Å². The maximum Gasteiger partial charge on any atom is 0.321 e. The van der Waals surface area contributed by atoms with Gasteiger partial charge in [0.2, 0.25) is 0 Å². The number of urea groups is 1. The van der Waals surface area contributed by atoms with Gasteiger partial charge in [-0.1, -0.05) is 12.1 Å². The highest BCUT2D eigenvalue weighted by atomic mass is 16.5. The van der Waals surface area contributed by atoms with E-state index in [9.17, 15) is 9.90 Å². The lowest BCUT2D eigenvalue weighted by atomic mass is 9.99. The highest BCUT2D eigenvalue weighted by molar-refractivity contribution is 5.91. The van der Waals surface area contributed by atoms with Crippen molar-refractivity contribution in [3.63, 3.8) is 0 Å². The number of ether oxygens (including phenoxy) is 1. The Labute approximate surface area is 132 Å². The Bertz CT molecular complexity index is 511. The first-order valence-electron chi connectivity index (χ1n) is 7.84.